The van der Waals surface area contributed by atoms with Gasteiger partial charge < -0.3 is 9.80 Å². The first kappa shape index (κ1) is 13.7. The predicted molar refractivity (Wildman–Crippen MR) is 73.4 cm³/mol. The minimum Gasteiger partial charge on any atom is -0.359 e. The summed E-state index contributed by atoms with van der Waals surface area (Å²) < 4.78 is 0.937. The average Bonchev–Trinajstić information content (AvgIpc) is 2.16. The number of hydrogen-bond donors (Lipinski definition) is 0. The molecule has 90 valence electrons. The highest BCUT2D eigenvalue weighted by atomic mass is 79.9. The second-order valence-corrected chi connectivity index (χ2v) is 5.33. The molecule has 1 aromatic heterocycles. The molecular formula is C11H17BrClN3. The fourth-order valence-electron chi connectivity index (χ4n) is 1.42. The maximum Gasteiger partial charge on any atom is 0.142 e. The van der Waals surface area contributed by atoms with Crippen molar-refractivity contribution in [2.24, 2.45) is 0 Å². The third-order valence-electron chi connectivity index (χ3n) is 2.25. The van der Waals surface area contributed by atoms with Crippen LogP contribution in [0.1, 0.15) is 6.42 Å². The van der Waals surface area contributed by atoms with Gasteiger partial charge in [-0.3, -0.25) is 0 Å². The number of hydrogen-bond acceptors (Lipinski definition) is 3. The van der Waals surface area contributed by atoms with E-state index in [-0.39, 0.29) is 0 Å². The van der Waals surface area contributed by atoms with Gasteiger partial charge in [0.25, 0.3) is 0 Å². The summed E-state index contributed by atoms with van der Waals surface area (Å²) in [4.78, 5) is 8.62. The second kappa shape index (κ2) is 6.42. The van der Waals surface area contributed by atoms with Crippen LogP contribution in [0.15, 0.2) is 16.7 Å². The van der Waals surface area contributed by atoms with Crippen LogP contribution in [0.2, 0.25) is 5.02 Å². The minimum atomic E-state index is 0.650. The zero-order valence-corrected chi connectivity index (χ0v) is 12.2. The summed E-state index contributed by atoms with van der Waals surface area (Å²) in [5.74, 6) is 0.933. The van der Waals surface area contributed by atoms with E-state index in [2.05, 4.69) is 44.8 Å². The predicted octanol–water partition coefficient (Wildman–Crippen LogP) is 2.89. The van der Waals surface area contributed by atoms with Gasteiger partial charge in [-0.1, -0.05) is 11.6 Å². The van der Waals surface area contributed by atoms with Crippen molar-refractivity contribution in [1.82, 2.24) is 9.88 Å². The van der Waals surface area contributed by atoms with Crippen molar-refractivity contribution >= 4 is 33.3 Å². The third kappa shape index (κ3) is 4.28. The SMILES string of the molecule is CN(C)CCCN(C)c1ncc(Cl)cc1Br. The van der Waals surface area contributed by atoms with E-state index in [4.69, 9.17) is 11.6 Å². The summed E-state index contributed by atoms with van der Waals surface area (Å²) in [5.41, 5.74) is 0. The number of pyridine rings is 1. The molecule has 0 N–H and O–H groups in total. The summed E-state index contributed by atoms with van der Waals surface area (Å²) in [7, 11) is 6.20. The minimum absolute atomic E-state index is 0.650. The fraction of sp³-hybridized carbons (Fsp3) is 0.545. The Bertz CT molecular complexity index is 344. The molecule has 0 atom stereocenters. The van der Waals surface area contributed by atoms with Gasteiger partial charge in [0, 0.05) is 19.8 Å². The smallest absolute Gasteiger partial charge is 0.142 e. The third-order valence-corrected chi connectivity index (χ3v) is 3.04. The summed E-state index contributed by atoms with van der Waals surface area (Å²) >= 11 is 9.32. The van der Waals surface area contributed by atoms with Crippen LogP contribution >= 0.6 is 27.5 Å². The van der Waals surface area contributed by atoms with Gasteiger partial charge in [0.2, 0.25) is 0 Å². The fourth-order valence-corrected chi connectivity index (χ4v) is 2.36. The Labute approximate surface area is 111 Å². The molecule has 0 saturated carbocycles. The van der Waals surface area contributed by atoms with Crippen LogP contribution in [0.4, 0.5) is 5.82 Å². The molecule has 0 aliphatic rings. The standard InChI is InChI=1S/C11H17BrClN3/c1-15(2)5-4-6-16(3)11-10(12)7-9(13)8-14-11/h7-8H,4-6H2,1-3H3. The van der Waals surface area contributed by atoms with Gasteiger partial charge in [0.1, 0.15) is 5.82 Å². The van der Waals surface area contributed by atoms with Crippen LogP contribution in [0.25, 0.3) is 0 Å². The van der Waals surface area contributed by atoms with E-state index in [0.717, 1.165) is 29.8 Å². The maximum atomic E-state index is 5.85. The summed E-state index contributed by atoms with van der Waals surface area (Å²) in [6.07, 6.45) is 2.78. The van der Waals surface area contributed by atoms with Crippen molar-refractivity contribution in [2.45, 2.75) is 6.42 Å². The number of aromatic nitrogens is 1. The highest BCUT2D eigenvalue weighted by Crippen LogP contribution is 2.25. The molecule has 0 saturated heterocycles. The largest absolute Gasteiger partial charge is 0.359 e. The Balaban J connectivity index is 2.55. The summed E-state index contributed by atoms with van der Waals surface area (Å²) in [5, 5.41) is 0.650. The molecule has 3 nitrogen and oxygen atoms in total. The van der Waals surface area contributed by atoms with E-state index in [1.807, 2.05) is 13.1 Å². The van der Waals surface area contributed by atoms with Crippen LogP contribution in [-0.2, 0) is 0 Å². The molecule has 1 rings (SSSR count). The van der Waals surface area contributed by atoms with E-state index in [1.54, 1.807) is 6.20 Å². The molecule has 0 fully saturated rings. The molecule has 0 aromatic carbocycles. The van der Waals surface area contributed by atoms with Crippen LogP contribution in [0, 0.1) is 0 Å². The highest BCUT2D eigenvalue weighted by Gasteiger charge is 2.07. The second-order valence-electron chi connectivity index (χ2n) is 4.04. The first-order chi connectivity index (χ1) is 7.50. The van der Waals surface area contributed by atoms with Gasteiger partial charge in [-0.2, -0.15) is 0 Å². The van der Waals surface area contributed by atoms with Crippen molar-refractivity contribution in [1.29, 1.82) is 0 Å². The summed E-state index contributed by atoms with van der Waals surface area (Å²) in [6, 6.07) is 1.87. The van der Waals surface area contributed by atoms with E-state index >= 15 is 0 Å². The molecule has 0 spiro atoms. The first-order valence-corrected chi connectivity index (χ1v) is 6.34. The van der Waals surface area contributed by atoms with E-state index < -0.39 is 0 Å². The topological polar surface area (TPSA) is 19.4 Å². The van der Waals surface area contributed by atoms with Gasteiger partial charge in [-0.15, -0.1) is 0 Å². The summed E-state index contributed by atoms with van der Waals surface area (Å²) in [6.45, 7) is 2.06. The molecular weight excluding hydrogens is 289 g/mol. The quantitative estimate of drug-likeness (QED) is 0.834. The molecule has 0 aliphatic carbocycles. The average molecular weight is 307 g/mol. The molecule has 0 amide bonds. The van der Waals surface area contributed by atoms with Crippen molar-refractivity contribution in [3.05, 3.63) is 21.8 Å². The molecule has 16 heavy (non-hydrogen) atoms. The molecule has 0 unspecified atom stereocenters. The first-order valence-electron chi connectivity index (χ1n) is 5.17. The van der Waals surface area contributed by atoms with Gasteiger partial charge in [-0.05, 0) is 49.1 Å². The van der Waals surface area contributed by atoms with Crippen molar-refractivity contribution < 1.29 is 0 Å². The Morgan fingerprint density at radius 3 is 2.56 bits per heavy atom. The molecule has 0 bridgehead atoms. The molecule has 0 radical (unpaired) electrons. The number of halogens is 2. The van der Waals surface area contributed by atoms with E-state index in [9.17, 15) is 0 Å². The number of rotatable bonds is 5. The lowest BCUT2D eigenvalue weighted by atomic mass is 10.3. The lowest BCUT2D eigenvalue weighted by Crippen LogP contribution is -2.24. The van der Waals surface area contributed by atoms with Crippen LogP contribution < -0.4 is 4.90 Å². The Hall–Kier alpha value is -0.320. The lowest BCUT2D eigenvalue weighted by molar-refractivity contribution is 0.401. The van der Waals surface area contributed by atoms with Crippen LogP contribution in [-0.4, -0.2) is 44.1 Å². The zero-order chi connectivity index (χ0) is 12.1. The van der Waals surface area contributed by atoms with Crippen LogP contribution in [0.5, 0.6) is 0 Å². The van der Waals surface area contributed by atoms with Crippen molar-refractivity contribution in [3.8, 4) is 0 Å². The van der Waals surface area contributed by atoms with Gasteiger partial charge in [0.15, 0.2) is 0 Å². The number of nitrogens with zero attached hydrogens (tertiary/aromatic N) is 3. The van der Waals surface area contributed by atoms with Crippen molar-refractivity contribution in [2.75, 3.05) is 39.1 Å². The maximum absolute atomic E-state index is 5.85. The van der Waals surface area contributed by atoms with E-state index in [0.29, 0.717) is 5.02 Å². The zero-order valence-electron chi connectivity index (χ0n) is 9.87. The van der Waals surface area contributed by atoms with Gasteiger partial charge in [-0.25, -0.2) is 4.98 Å². The Morgan fingerprint density at radius 1 is 1.31 bits per heavy atom. The van der Waals surface area contributed by atoms with Crippen molar-refractivity contribution in [3.63, 3.8) is 0 Å². The van der Waals surface area contributed by atoms with E-state index in [1.165, 1.54) is 0 Å². The molecule has 1 heterocycles. The normalized spacial score (nSPS) is 10.9. The number of anilines is 1. The Kier molecular flexibility index (Phi) is 5.52. The van der Waals surface area contributed by atoms with Gasteiger partial charge in [0.05, 0.1) is 9.50 Å². The van der Waals surface area contributed by atoms with Gasteiger partial charge >= 0.3 is 0 Å². The van der Waals surface area contributed by atoms with Crippen LogP contribution in [0.3, 0.4) is 0 Å². The lowest BCUT2D eigenvalue weighted by Gasteiger charge is -2.20. The molecule has 0 aliphatic heterocycles. The highest BCUT2D eigenvalue weighted by molar-refractivity contribution is 9.10. The molecule has 5 heteroatoms. The Morgan fingerprint density at radius 2 is 2.00 bits per heavy atom. The monoisotopic (exact) mass is 305 g/mol. The molecule has 1 aromatic rings.